The smallest absolute Gasteiger partial charge is 0.273 e. The molecule has 1 fully saturated rings. The van der Waals surface area contributed by atoms with Gasteiger partial charge in [0.2, 0.25) is 0 Å². The van der Waals surface area contributed by atoms with Crippen LogP contribution in [0.4, 0.5) is 0 Å². The molecule has 26 heavy (non-hydrogen) atoms. The highest BCUT2D eigenvalue weighted by molar-refractivity contribution is 7.09. The van der Waals surface area contributed by atoms with Crippen LogP contribution in [0.25, 0.3) is 0 Å². The van der Waals surface area contributed by atoms with Gasteiger partial charge in [-0.2, -0.15) is 0 Å². The summed E-state index contributed by atoms with van der Waals surface area (Å²) in [6.45, 7) is 2.70. The Bertz CT molecular complexity index is 680. The third-order valence-corrected chi connectivity index (χ3v) is 5.28. The van der Waals surface area contributed by atoms with Crippen LogP contribution in [0.3, 0.4) is 0 Å². The SMILES string of the molecule is Cl.NCCc1nc(C(=O)N2CCC(OCCCc3ccccc3)C2)cs1. The Hall–Kier alpha value is -1.47. The molecule has 2 heterocycles. The number of hydrogen-bond acceptors (Lipinski definition) is 5. The van der Waals surface area contributed by atoms with Gasteiger partial charge in [0.05, 0.1) is 11.1 Å². The van der Waals surface area contributed by atoms with Crippen LogP contribution in [0, 0.1) is 0 Å². The molecule has 2 N–H and O–H groups in total. The number of thiazole rings is 1. The monoisotopic (exact) mass is 395 g/mol. The summed E-state index contributed by atoms with van der Waals surface area (Å²) in [5, 5.41) is 2.76. The number of halogens is 1. The molecule has 0 spiro atoms. The molecule has 1 atom stereocenters. The van der Waals surface area contributed by atoms with Crippen molar-refractivity contribution in [2.24, 2.45) is 5.73 Å². The molecule has 0 bridgehead atoms. The van der Waals surface area contributed by atoms with Crippen molar-refractivity contribution >= 4 is 29.7 Å². The van der Waals surface area contributed by atoms with E-state index in [1.54, 1.807) is 0 Å². The van der Waals surface area contributed by atoms with E-state index in [0.717, 1.165) is 43.8 Å². The molecule has 1 aliphatic rings. The summed E-state index contributed by atoms with van der Waals surface area (Å²) in [4.78, 5) is 18.7. The number of rotatable bonds is 8. The van der Waals surface area contributed by atoms with Crippen LogP contribution in [0.5, 0.6) is 0 Å². The van der Waals surface area contributed by atoms with Gasteiger partial charge < -0.3 is 15.4 Å². The van der Waals surface area contributed by atoms with Crippen molar-refractivity contribution in [3.8, 4) is 0 Å². The number of nitrogens with two attached hydrogens (primary N) is 1. The van der Waals surface area contributed by atoms with Gasteiger partial charge in [-0.3, -0.25) is 4.79 Å². The van der Waals surface area contributed by atoms with Gasteiger partial charge in [0.1, 0.15) is 5.69 Å². The van der Waals surface area contributed by atoms with Crippen molar-refractivity contribution in [2.75, 3.05) is 26.2 Å². The topological polar surface area (TPSA) is 68.5 Å². The van der Waals surface area contributed by atoms with Gasteiger partial charge in [-0.15, -0.1) is 23.7 Å². The van der Waals surface area contributed by atoms with Crippen LogP contribution < -0.4 is 5.73 Å². The normalized spacial score (nSPS) is 16.5. The lowest BCUT2D eigenvalue weighted by molar-refractivity contribution is 0.0523. The third kappa shape index (κ3) is 5.77. The van der Waals surface area contributed by atoms with E-state index < -0.39 is 0 Å². The highest BCUT2D eigenvalue weighted by Crippen LogP contribution is 2.18. The number of aryl methyl sites for hydroxylation is 1. The molecule has 1 aromatic heterocycles. The summed E-state index contributed by atoms with van der Waals surface area (Å²) in [6, 6.07) is 10.4. The van der Waals surface area contributed by atoms with Gasteiger partial charge in [-0.1, -0.05) is 30.3 Å². The molecule has 1 aromatic carbocycles. The van der Waals surface area contributed by atoms with Crippen LogP contribution >= 0.6 is 23.7 Å². The quantitative estimate of drug-likeness (QED) is 0.698. The summed E-state index contributed by atoms with van der Waals surface area (Å²) >= 11 is 1.51. The molecule has 7 heteroatoms. The lowest BCUT2D eigenvalue weighted by Gasteiger charge is -2.15. The third-order valence-electron chi connectivity index (χ3n) is 4.37. The van der Waals surface area contributed by atoms with Crippen LogP contribution in [0.1, 0.15) is 33.9 Å². The number of aromatic nitrogens is 1. The van der Waals surface area contributed by atoms with Gasteiger partial charge in [0, 0.05) is 31.5 Å². The maximum atomic E-state index is 12.5. The molecule has 3 rings (SSSR count). The maximum Gasteiger partial charge on any atom is 0.273 e. The molecule has 1 unspecified atom stereocenters. The first-order chi connectivity index (χ1) is 12.3. The number of likely N-dealkylation sites (tertiary alicyclic amines) is 1. The van der Waals surface area contributed by atoms with Crippen LogP contribution in [-0.2, 0) is 17.6 Å². The average Bonchev–Trinajstić information content (AvgIpc) is 3.29. The first-order valence-corrected chi connectivity index (χ1v) is 9.73. The van der Waals surface area contributed by atoms with E-state index >= 15 is 0 Å². The number of carbonyl (C=O) groups excluding carboxylic acids is 1. The molecular formula is C19H26ClN3O2S. The van der Waals surface area contributed by atoms with Crippen molar-refractivity contribution in [3.63, 3.8) is 0 Å². The number of carbonyl (C=O) groups is 1. The van der Waals surface area contributed by atoms with Crippen LogP contribution in [-0.4, -0.2) is 48.1 Å². The summed E-state index contributed by atoms with van der Waals surface area (Å²) < 4.78 is 5.96. The predicted octanol–water partition coefficient (Wildman–Crippen LogP) is 2.93. The zero-order valence-electron chi connectivity index (χ0n) is 14.8. The molecule has 1 amide bonds. The van der Waals surface area contributed by atoms with E-state index in [4.69, 9.17) is 10.5 Å². The Kier molecular flexibility index (Phi) is 8.51. The first-order valence-electron chi connectivity index (χ1n) is 8.85. The average molecular weight is 396 g/mol. The Labute approximate surface area is 165 Å². The molecule has 0 aliphatic carbocycles. The van der Waals surface area contributed by atoms with Crippen molar-refractivity contribution in [3.05, 3.63) is 52.0 Å². The minimum absolute atomic E-state index is 0. The van der Waals surface area contributed by atoms with E-state index in [9.17, 15) is 4.79 Å². The minimum atomic E-state index is 0. The van der Waals surface area contributed by atoms with Crippen LogP contribution in [0.15, 0.2) is 35.7 Å². The fraction of sp³-hybridized carbons (Fsp3) is 0.474. The first kappa shape index (κ1) is 20.8. The predicted molar refractivity (Wildman–Crippen MR) is 107 cm³/mol. The molecule has 0 saturated carbocycles. The Morgan fingerprint density at radius 2 is 2.12 bits per heavy atom. The molecular weight excluding hydrogens is 370 g/mol. The molecule has 2 aromatic rings. The highest BCUT2D eigenvalue weighted by Gasteiger charge is 2.28. The second-order valence-electron chi connectivity index (χ2n) is 6.29. The van der Waals surface area contributed by atoms with Crippen molar-refractivity contribution in [1.29, 1.82) is 0 Å². The number of ether oxygens (including phenoxy) is 1. The van der Waals surface area contributed by atoms with Gasteiger partial charge in [-0.05, 0) is 31.4 Å². The Morgan fingerprint density at radius 1 is 1.31 bits per heavy atom. The zero-order chi connectivity index (χ0) is 17.5. The van der Waals surface area contributed by atoms with Crippen molar-refractivity contribution in [1.82, 2.24) is 9.88 Å². The summed E-state index contributed by atoms with van der Waals surface area (Å²) in [6.07, 6.45) is 3.80. The van der Waals surface area contributed by atoms with Gasteiger partial charge in [-0.25, -0.2) is 4.98 Å². The Morgan fingerprint density at radius 3 is 2.88 bits per heavy atom. The molecule has 0 radical (unpaired) electrons. The van der Waals surface area contributed by atoms with E-state index in [1.807, 2.05) is 16.3 Å². The summed E-state index contributed by atoms with van der Waals surface area (Å²) in [7, 11) is 0. The fourth-order valence-electron chi connectivity index (χ4n) is 3.03. The van der Waals surface area contributed by atoms with E-state index in [2.05, 4.69) is 29.2 Å². The zero-order valence-corrected chi connectivity index (χ0v) is 16.4. The van der Waals surface area contributed by atoms with Crippen molar-refractivity contribution in [2.45, 2.75) is 31.8 Å². The molecule has 1 aliphatic heterocycles. The van der Waals surface area contributed by atoms with E-state index in [-0.39, 0.29) is 24.4 Å². The van der Waals surface area contributed by atoms with Crippen molar-refractivity contribution < 1.29 is 9.53 Å². The molecule has 1 saturated heterocycles. The number of benzene rings is 1. The molecule has 142 valence electrons. The standard InChI is InChI=1S/C19H25N3O2S.ClH/c20-10-8-18-21-17(14-25-18)19(23)22-11-9-16(13-22)24-12-4-7-15-5-2-1-3-6-15;/h1-3,5-6,14,16H,4,7-13,20H2;1H. The van der Waals surface area contributed by atoms with Gasteiger partial charge in [0.25, 0.3) is 5.91 Å². The largest absolute Gasteiger partial charge is 0.376 e. The molecule has 5 nitrogen and oxygen atoms in total. The second kappa shape index (κ2) is 10.6. The van der Waals surface area contributed by atoms with E-state index in [1.165, 1.54) is 16.9 Å². The van der Waals surface area contributed by atoms with Gasteiger partial charge >= 0.3 is 0 Å². The summed E-state index contributed by atoms with van der Waals surface area (Å²) in [5.41, 5.74) is 7.42. The fourth-order valence-corrected chi connectivity index (χ4v) is 3.82. The highest BCUT2D eigenvalue weighted by atomic mass is 35.5. The lowest BCUT2D eigenvalue weighted by Crippen LogP contribution is -2.30. The number of amides is 1. The second-order valence-corrected chi connectivity index (χ2v) is 7.23. The maximum absolute atomic E-state index is 12.5. The van der Waals surface area contributed by atoms with Gasteiger partial charge in [0.15, 0.2) is 0 Å². The van der Waals surface area contributed by atoms with E-state index in [0.29, 0.717) is 18.8 Å². The summed E-state index contributed by atoms with van der Waals surface area (Å²) in [5.74, 6) is 0.00917. The number of nitrogens with zero attached hydrogens (tertiary/aromatic N) is 2. The minimum Gasteiger partial charge on any atom is -0.376 e. The number of hydrogen-bond donors (Lipinski definition) is 1. The van der Waals surface area contributed by atoms with Crippen LogP contribution in [0.2, 0.25) is 0 Å². The lowest BCUT2D eigenvalue weighted by atomic mass is 10.1. The Balaban J connectivity index is 0.00000243.